The molecule has 108 valence electrons. The molecule has 4 atom stereocenters. The lowest BCUT2D eigenvalue weighted by molar-refractivity contribution is -0.133. The summed E-state index contributed by atoms with van der Waals surface area (Å²) in [5.74, 6) is 0.446. The fourth-order valence-electron chi connectivity index (χ4n) is 3.46. The Morgan fingerprint density at radius 3 is 2.85 bits per heavy atom. The van der Waals surface area contributed by atoms with Crippen LogP contribution in [0.15, 0.2) is 34.6 Å². The molecule has 0 amide bonds. The van der Waals surface area contributed by atoms with Gasteiger partial charge in [0.15, 0.2) is 0 Å². The molecule has 0 aromatic rings. The average Bonchev–Trinajstić information content (AvgIpc) is 2.68. The van der Waals surface area contributed by atoms with Gasteiger partial charge in [0.25, 0.3) is 0 Å². The van der Waals surface area contributed by atoms with Crippen LogP contribution in [0.2, 0.25) is 0 Å². The van der Waals surface area contributed by atoms with Crippen molar-refractivity contribution >= 4 is 5.97 Å². The van der Waals surface area contributed by atoms with E-state index in [2.05, 4.69) is 6.92 Å². The molecule has 0 saturated heterocycles. The van der Waals surface area contributed by atoms with E-state index >= 15 is 0 Å². The molecule has 0 radical (unpaired) electrons. The maximum atomic E-state index is 11.7. The van der Waals surface area contributed by atoms with Gasteiger partial charge in [0.2, 0.25) is 0 Å². The summed E-state index contributed by atoms with van der Waals surface area (Å²) in [5, 5.41) is 10.4. The fraction of sp³-hybridized carbons (Fsp3) is 0.562. The Morgan fingerprint density at radius 1 is 1.50 bits per heavy atom. The van der Waals surface area contributed by atoms with Crippen molar-refractivity contribution in [1.82, 2.24) is 0 Å². The van der Waals surface area contributed by atoms with E-state index in [1.165, 1.54) is 0 Å². The van der Waals surface area contributed by atoms with E-state index in [0.29, 0.717) is 11.3 Å². The number of aliphatic hydroxyl groups excluding tert-OH is 1. The first-order valence-electron chi connectivity index (χ1n) is 6.95. The first-order chi connectivity index (χ1) is 9.38. The molecule has 0 aromatic carbocycles. The Balaban J connectivity index is 2.13. The summed E-state index contributed by atoms with van der Waals surface area (Å²) in [6.07, 6.45) is 3.75. The average molecular weight is 276 g/mol. The van der Waals surface area contributed by atoms with Gasteiger partial charge in [0, 0.05) is 23.7 Å². The van der Waals surface area contributed by atoms with Gasteiger partial charge in [-0.2, -0.15) is 0 Å². The molecule has 4 heteroatoms. The van der Waals surface area contributed by atoms with Gasteiger partial charge in [-0.05, 0) is 37.0 Å². The van der Waals surface area contributed by atoms with Gasteiger partial charge in [-0.3, -0.25) is 0 Å². The summed E-state index contributed by atoms with van der Waals surface area (Å²) in [5.41, 5.74) is 2.56. The molecular formula is C16H20O4. The van der Waals surface area contributed by atoms with Crippen molar-refractivity contribution in [3.05, 3.63) is 34.6 Å². The SMILES string of the molecule is CO[C@@H]1C=C2C=C3OC(=O)C(C)=C3C[C@]2(C)[C@@H](C)[C@H]1O. The number of hydrogen-bond acceptors (Lipinski definition) is 4. The number of fused-ring (bicyclic) bond motifs is 2. The lowest BCUT2D eigenvalue weighted by atomic mass is 9.60. The standard InChI is InChI=1S/C16H20O4/c1-8-11-7-16(3)9(2)14(17)13(19-4)6-10(16)5-12(11)20-15(8)18/h5-6,9,13-14,17H,7H2,1-4H3/t9-,13+,14+,16+/m0/s1. The van der Waals surface area contributed by atoms with Crippen LogP contribution >= 0.6 is 0 Å². The molecule has 3 rings (SSSR count). The molecule has 3 aliphatic rings. The summed E-state index contributed by atoms with van der Waals surface area (Å²) in [6.45, 7) is 5.98. The number of carbonyl (C=O) groups is 1. The van der Waals surface area contributed by atoms with E-state index in [-0.39, 0.29) is 23.4 Å². The zero-order chi connectivity index (χ0) is 14.7. The summed E-state index contributed by atoms with van der Waals surface area (Å²) >= 11 is 0. The lowest BCUT2D eigenvalue weighted by Crippen LogP contribution is -2.47. The maximum Gasteiger partial charge on any atom is 0.339 e. The third kappa shape index (κ3) is 1.64. The lowest BCUT2D eigenvalue weighted by Gasteiger charge is -2.47. The van der Waals surface area contributed by atoms with Gasteiger partial charge in [-0.1, -0.05) is 13.8 Å². The minimum absolute atomic E-state index is 0.0428. The third-order valence-corrected chi connectivity index (χ3v) is 5.22. The Morgan fingerprint density at radius 2 is 2.20 bits per heavy atom. The second-order valence-electron chi connectivity index (χ2n) is 6.20. The third-order valence-electron chi connectivity index (χ3n) is 5.22. The molecule has 20 heavy (non-hydrogen) atoms. The molecule has 1 N–H and O–H groups in total. The summed E-state index contributed by atoms with van der Waals surface area (Å²) < 4.78 is 10.7. The quantitative estimate of drug-likeness (QED) is 0.745. The Kier molecular flexibility index (Phi) is 2.92. The largest absolute Gasteiger partial charge is 0.423 e. The number of ether oxygens (including phenoxy) is 2. The summed E-state index contributed by atoms with van der Waals surface area (Å²) in [4.78, 5) is 11.7. The Labute approximate surface area is 118 Å². The van der Waals surface area contributed by atoms with E-state index < -0.39 is 6.10 Å². The predicted octanol–water partition coefficient (Wildman–Crippen LogP) is 2.11. The van der Waals surface area contributed by atoms with Crippen LogP contribution in [-0.4, -0.2) is 30.4 Å². The van der Waals surface area contributed by atoms with E-state index in [0.717, 1.165) is 17.6 Å². The van der Waals surface area contributed by atoms with Gasteiger partial charge in [0.05, 0.1) is 6.10 Å². The van der Waals surface area contributed by atoms with Crippen LogP contribution in [0.4, 0.5) is 0 Å². The highest BCUT2D eigenvalue weighted by molar-refractivity contribution is 5.94. The van der Waals surface area contributed by atoms with Gasteiger partial charge < -0.3 is 14.6 Å². The highest BCUT2D eigenvalue weighted by Gasteiger charge is 2.49. The number of methoxy groups -OCH3 is 1. The molecule has 0 aromatic heterocycles. The number of esters is 1. The fourth-order valence-corrected chi connectivity index (χ4v) is 3.46. The zero-order valence-electron chi connectivity index (χ0n) is 12.3. The molecule has 0 saturated carbocycles. The molecule has 0 unspecified atom stereocenters. The van der Waals surface area contributed by atoms with Crippen molar-refractivity contribution in [2.45, 2.75) is 39.4 Å². The Hall–Kier alpha value is -1.39. The number of aliphatic hydroxyl groups is 1. The van der Waals surface area contributed by atoms with Crippen molar-refractivity contribution in [1.29, 1.82) is 0 Å². The van der Waals surface area contributed by atoms with Gasteiger partial charge in [-0.25, -0.2) is 4.79 Å². The molecule has 1 heterocycles. The van der Waals surface area contributed by atoms with Crippen LogP contribution in [0.1, 0.15) is 27.2 Å². The minimum Gasteiger partial charge on any atom is -0.423 e. The van der Waals surface area contributed by atoms with Crippen LogP contribution in [0.25, 0.3) is 0 Å². The first kappa shape index (κ1) is 13.6. The number of rotatable bonds is 1. The summed E-state index contributed by atoms with van der Waals surface area (Å²) in [7, 11) is 1.60. The van der Waals surface area contributed by atoms with Crippen LogP contribution in [0, 0.1) is 11.3 Å². The maximum absolute atomic E-state index is 11.7. The topological polar surface area (TPSA) is 55.8 Å². The van der Waals surface area contributed by atoms with Crippen molar-refractivity contribution in [2.24, 2.45) is 11.3 Å². The second kappa shape index (κ2) is 4.30. The normalized spacial score (nSPS) is 39.9. The monoisotopic (exact) mass is 276 g/mol. The van der Waals surface area contributed by atoms with Crippen LogP contribution in [0.5, 0.6) is 0 Å². The Bertz CT molecular complexity index is 569. The second-order valence-corrected chi connectivity index (χ2v) is 6.20. The molecule has 0 fully saturated rings. The number of carbonyl (C=O) groups excluding carboxylic acids is 1. The van der Waals surface area contributed by atoms with Gasteiger partial charge >= 0.3 is 5.97 Å². The number of hydrogen-bond donors (Lipinski definition) is 1. The molecular weight excluding hydrogens is 256 g/mol. The van der Waals surface area contributed by atoms with Crippen molar-refractivity contribution in [3.63, 3.8) is 0 Å². The van der Waals surface area contributed by atoms with E-state index in [1.807, 2.05) is 19.1 Å². The highest BCUT2D eigenvalue weighted by atomic mass is 16.5. The number of allylic oxidation sites excluding steroid dienone is 3. The smallest absolute Gasteiger partial charge is 0.339 e. The summed E-state index contributed by atoms with van der Waals surface area (Å²) in [6, 6.07) is 0. The minimum atomic E-state index is -0.539. The molecule has 4 nitrogen and oxygen atoms in total. The molecule has 2 aliphatic carbocycles. The zero-order valence-corrected chi connectivity index (χ0v) is 12.3. The van der Waals surface area contributed by atoms with E-state index in [4.69, 9.17) is 9.47 Å². The van der Waals surface area contributed by atoms with E-state index in [9.17, 15) is 9.90 Å². The van der Waals surface area contributed by atoms with Crippen LogP contribution in [-0.2, 0) is 14.3 Å². The predicted molar refractivity (Wildman–Crippen MR) is 73.6 cm³/mol. The van der Waals surface area contributed by atoms with Gasteiger partial charge in [0.1, 0.15) is 11.9 Å². The molecule has 0 spiro atoms. The molecule has 1 aliphatic heterocycles. The van der Waals surface area contributed by atoms with Crippen molar-refractivity contribution in [2.75, 3.05) is 7.11 Å². The van der Waals surface area contributed by atoms with Crippen LogP contribution in [0.3, 0.4) is 0 Å². The van der Waals surface area contributed by atoms with Gasteiger partial charge in [-0.15, -0.1) is 0 Å². The van der Waals surface area contributed by atoms with Crippen LogP contribution < -0.4 is 0 Å². The van der Waals surface area contributed by atoms with Crippen molar-refractivity contribution in [3.8, 4) is 0 Å². The van der Waals surface area contributed by atoms with Crippen molar-refractivity contribution < 1.29 is 19.4 Å². The highest BCUT2D eigenvalue weighted by Crippen LogP contribution is 2.53. The molecule has 0 bridgehead atoms. The first-order valence-corrected chi connectivity index (χ1v) is 6.95. The van der Waals surface area contributed by atoms with E-state index in [1.54, 1.807) is 14.0 Å².